The summed E-state index contributed by atoms with van der Waals surface area (Å²) in [5.41, 5.74) is 0.312. The average Bonchev–Trinajstić information content (AvgIpc) is 2.28. The van der Waals surface area contributed by atoms with Gasteiger partial charge in [-0.15, -0.1) is 0 Å². The molecule has 0 fully saturated rings. The maximum absolute atomic E-state index is 11.3. The second kappa shape index (κ2) is 12.1. The third-order valence-corrected chi connectivity index (χ3v) is 2.89. The Morgan fingerprint density at radius 3 is 2.26 bits per heavy atom. The number of carbonyl (C=O) groups is 1. The predicted octanol–water partition coefficient (Wildman–Crippen LogP) is -0.454. The van der Waals surface area contributed by atoms with Crippen molar-refractivity contribution >= 4 is 13.8 Å². The van der Waals surface area contributed by atoms with Crippen molar-refractivity contribution in [3.8, 4) is 0 Å². The van der Waals surface area contributed by atoms with Crippen LogP contribution >= 0.6 is 7.82 Å². The van der Waals surface area contributed by atoms with Crippen LogP contribution in [0.1, 0.15) is 34.5 Å². The number of phosphoric acid groups is 1. The van der Waals surface area contributed by atoms with E-state index in [9.17, 15) is 14.3 Å². The molecule has 1 unspecified atom stereocenters. The Balaban J connectivity index is -0.00000144. The molecule has 0 spiro atoms. The second-order valence-corrected chi connectivity index (χ2v) is 5.21. The van der Waals surface area contributed by atoms with Gasteiger partial charge in [0, 0.05) is 12.0 Å². The molecule has 0 aliphatic heterocycles. The number of hydrogen-bond acceptors (Lipinski definition) is 5. The summed E-state index contributed by atoms with van der Waals surface area (Å²) in [6, 6.07) is 0. The van der Waals surface area contributed by atoms with Crippen molar-refractivity contribution in [1.82, 2.24) is 0 Å². The first kappa shape index (κ1) is 21.6. The smallest absolute Gasteiger partial charge is 1.00 e. The van der Waals surface area contributed by atoms with E-state index in [2.05, 4.69) is 6.58 Å². The van der Waals surface area contributed by atoms with Gasteiger partial charge in [0.25, 0.3) is 0 Å². The number of phosphoric ester groups is 1. The minimum Gasteiger partial charge on any atom is -1.00 e. The molecule has 1 atom stereocenters. The van der Waals surface area contributed by atoms with Gasteiger partial charge < -0.3 is 11.1 Å². The molecule has 0 heterocycles. The van der Waals surface area contributed by atoms with Gasteiger partial charge in [-0.25, -0.2) is 9.36 Å². The normalized spacial score (nSPS) is 13.2. The van der Waals surface area contributed by atoms with Crippen molar-refractivity contribution in [3.05, 3.63) is 12.2 Å². The fourth-order valence-electron chi connectivity index (χ4n) is 0.888. The molecule has 1 N–H and O–H groups in total. The SMILES string of the molecule is C=C(C)C(=O)OCCCOP(=O)(O)OCCCC.[H-].[Na+]. The van der Waals surface area contributed by atoms with E-state index in [1.165, 1.54) is 0 Å². The molecule has 19 heavy (non-hydrogen) atoms. The average molecular weight is 304 g/mol. The monoisotopic (exact) mass is 304 g/mol. The van der Waals surface area contributed by atoms with Crippen LogP contribution in [0.4, 0.5) is 0 Å². The van der Waals surface area contributed by atoms with Crippen LogP contribution in [0.5, 0.6) is 0 Å². The summed E-state index contributed by atoms with van der Waals surface area (Å²) < 4.78 is 25.5. The van der Waals surface area contributed by atoms with E-state index in [1.54, 1.807) is 6.92 Å². The molecule has 0 radical (unpaired) electrons. The molecule has 8 heteroatoms. The van der Waals surface area contributed by atoms with Crippen molar-refractivity contribution in [2.45, 2.75) is 33.1 Å². The first-order chi connectivity index (χ1) is 8.39. The molecule has 0 aromatic rings. The Bertz CT molecular complexity index is 326. The molecule has 0 aliphatic rings. The Hall–Kier alpha value is 0.320. The van der Waals surface area contributed by atoms with Gasteiger partial charge in [-0.3, -0.25) is 9.05 Å². The van der Waals surface area contributed by atoms with E-state index in [1.807, 2.05) is 6.92 Å². The number of carbonyl (C=O) groups excluding carboxylic acids is 1. The second-order valence-electron chi connectivity index (χ2n) is 3.76. The van der Waals surface area contributed by atoms with Crippen LogP contribution < -0.4 is 29.6 Å². The standard InChI is InChI=1S/C11H21O6P.Na.H/c1-4-5-8-16-18(13,14)17-9-6-7-15-11(12)10(2)3;;/h2,4-9H2,1,3H3,(H,13,14);;/q;+1;-1. The van der Waals surface area contributed by atoms with E-state index >= 15 is 0 Å². The summed E-state index contributed by atoms with van der Waals surface area (Å²) in [5.74, 6) is -0.485. The number of unbranched alkanes of at least 4 members (excludes halogenated alkanes) is 1. The molecule has 0 rings (SSSR count). The maximum Gasteiger partial charge on any atom is 1.00 e. The van der Waals surface area contributed by atoms with Crippen LogP contribution in [0.2, 0.25) is 0 Å². The van der Waals surface area contributed by atoms with Gasteiger partial charge in [0.05, 0.1) is 19.8 Å². The Kier molecular flexibility index (Phi) is 13.8. The summed E-state index contributed by atoms with van der Waals surface area (Å²) in [5, 5.41) is 0. The molecular formula is C11H22NaO6P. The molecule has 0 saturated carbocycles. The molecule has 108 valence electrons. The van der Waals surface area contributed by atoms with E-state index in [0.29, 0.717) is 18.4 Å². The van der Waals surface area contributed by atoms with Crippen LogP contribution in [-0.4, -0.2) is 30.7 Å². The van der Waals surface area contributed by atoms with E-state index < -0.39 is 13.8 Å². The quantitative estimate of drug-likeness (QED) is 0.193. The van der Waals surface area contributed by atoms with Gasteiger partial charge >= 0.3 is 43.3 Å². The van der Waals surface area contributed by atoms with Crippen LogP contribution in [0.25, 0.3) is 0 Å². The third-order valence-electron chi connectivity index (χ3n) is 1.88. The van der Waals surface area contributed by atoms with Crippen molar-refractivity contribution in [3.63, 3.8) is 0 Å². The van der Waals surface area contributed by atoms with Gasteiger partial charge in [0.1, 0.15) is 0 Å². The number of ether oxygens (including phenoxy) is 1. The Labute approximate surface area is 137 Å². The van der Waals surface area contributed by atoms with Gasteiger partial charge in [0.15, 0.2) is 0 Å². The zero-order valence-corrected chi connectivity index (χ0v) is 14.8. The molecule has 0 aromatic carbocycles. The Morgan fingerprint density at radius 1 is 1.26 bits per heavy atom. The number of esters is 1. The molecular weight excluding hydrogens is 282 g/mol. The van der Waals surface area contributed by atoms with Gasteiger partial charge in [-0.05, 0) is 13.3 Å². The van der Waals surface area contributed by atoms with Gasteiger partial charge in [-0.2, -0.15) is 0 Å². The minimum absolute atomic E-state index is 0. The maximum atomic E-state index is 11.3. The zero-order valence-electron chi connectivity index (χ0n) is 12.9. The van der Waals surface area contributed by atoms with Crippen LogP contribution in [0.3, 0.4) is 0 Å². The first-order valence-electron chi connectivity index (χ1n) is 5.83. The Morgan fingerprint density at radius 2 is 1.79 bits per heavy atom. The van der Waals surface area contributed by atoms with Crippen molar-refractivity contribution in [2.24, 2.45) is 0 Å². The minimum atomic E-state index is -3.96. The molecule has 0 aliphatic carbocycles. The molecule has 0 amide bonds. The van der Waals surface area contributed by atoms with Gasteiger partial charge in [0.2, 0.25) is 0 Å². The van der Waals surface area contributed by atoms with Crippen LogP contribution in [0, 0.1) is 0 Å². The summed E-state index contributed by atoms with van der Waals surface area (Å²) in [4.78, 5) is 20.2. The van der Waals surface area contributed by atoms with Crippen molar-refractivity contribution < 1.29 is 59.0 Å². The summed E-state index contributed by atoms with van der Waals surface area (Å²) in [6.45, 7) is 7.21. The fraction of sp³-hybridized carbons (Fsp3) is 0.727. The summed E-state index contributed by atoms with van der Waals surface area (Å²) in [7, 11) is -3.96. The summed E-state index contributed by atoms with van der Waals surface area (Å²) in [6.07, 6.45) is 1.89. The van der Waals surface area contributed by atoms with E-state index in [4.69, 9.17) is 13.8 Å². The van der Waals surface area contributed by atoms with E-state index in [-0.39, 0.29) is 50.8 Å². The molecule has 0 bridgehead atoms. The summed E-state index contributed by atoms with van der Waals surface area (Å²) >= 11 is 0. The van der Waals surface area contributed by atoms with Crippen molar-refractivity contribution in [1.29, 1.82) is 0 Å². The van der Waals surface area contributed by atoms with Crippen LogP contribution in [0.15, 0.2) is 12.2 Å². The predicted molar refractivity (Wildman–Crippen MR) is 68.1 cm³/mol. The van der Waals surface area contributed by atoms with Gasteiger partial charge in [-0.1, -0.05) is 19.9 Å². The van der Waals surface area contributed by atoms with E-state index in [0.717, 1.165) is 6.42 Å². The topological polar surface area (TPSA) is 82.1 Å². The first-order valence-corrected chi connectivity index (χ1v) is 7.33. The molecule has 6 nitrogen and oxygen atoms in total. The van der Waals surface area contributed by atoms with Crippen LogP contribution in [-0.2, 0) is 23.1 Å². The largest absolute Gasteiger partial charge is 1.00 e. The molecule has 0 saturated heterocycles. The zero-order chi connectivity index (χ0) is 14.0. The number of hydrogen-bond donors (Lipinski definition) is 1. The van der Waals surface area contributed by atoms with Crippen molar-refractivity contribution in [2.75, 3.05) is 19.8 Å². The number of rotatable bonds is 10. The molecule has 0 aromatic heterocycles. The fourth-order valence-corrected chi connectivity index (χ4v) is 1.68. The third kappa shape index (κ3) is 13.1.